The highest BCUT2D eigenvalue weighted by Crippen LogP contribution is 2.26. The molecule has 1 aliphatic rings. The van der Waals surface area contributed by atoms with Crippen LogP contribution in [-0.2, 0) is 25.5 Å². The van der Waals surface area contributed by atoms with Gasteiger partial charge in [-0.05, 0) is 37.3 Å². The summed E-state index contributed by atoms with van der Waals surface area (Å²) in [6.45, 7) is 4.75. The van der Waals surface area contributed by atoms with Crippen molar-refractivity contribution in [1.82, 2.24) is 14.8 Å². The number of methoxy groups -OCH3 is 2. The molecule has 1 aromatic carbocycles. The van der Waals surface area contributed by atoms with Crippen molar-refractivity contribution in [2.24, 2.45) is 5.92 Å². The molecule has 37 heavy (non-hydrogen) atoms. The number of aromatic nitrogens is 1. The fraction of sp³-hybridized carbons (Fsp3) is 0.481. The van der Waals surface area contributed by atoms with Gasteiger partial charge in [0.1, 0.15) is 19.0 Å². The quantitative estimate of drug-likeness (QED) is 0.632. The second-order valence-corrected chi connectivity index (χ2v) is 9.33. The summed E-state index contributed by atoms with van der Waals surface area (Å²) >= 11 is 0. The molecular formula is C27H36N4O6. The van der Waals surface area contributed by atoms with Crippen molar-refractivity contribution in [2.75, 3.05) is 52.9 Å². The average molecular weight is 513 g/mol. The molecular weight excluding hydrogens is 476 g/mol. The minimum Gasteiger partial charge on any atom is -0.491 e. The Kier molecular flexibility index (Phi) is 9.99. The summed E-state index contributed by atoms with van der Waals surface area (Å²) in [4.78, 5) is 46.5. The third kappa shape index (κ3) is 7.50. The van der Waals surface area contributed by atoms with E-state index in [9.17, 15) is 14.4 Å². The lowest BCUT2D eigenvalue weighted by Gasteiger charge is -2.36. The Morgan fingerprint density at radius 1 is 1.16 bits per heavy atom. The number of fused-ring (bicyclic) bond motifs is 1. The lowest BCUT2D eigenvalue weighted by atomic mass is 10.0. The van der Waals surface area contributed by atoms with Gasteiger partial charge in [0.15, 0.2) is 0 Å². The van der Waals surface area contributed by atoms with Gasteiger partial charge in [-0.25, -0.2) is 0 Å². The van der Waals surface area contributed by atoms with Crippen molar-refractivity contribution in [3.05, 3.63) is 53.9 Å². The molecule has 1 aliphatic heterocycles. The van der Waals surface area contributed by atoms with Gasteiger partial charge in [-0.3, -0.25) is 19.4 Å². The molecule has 0 aliphatic carbocycles. The minimum absolute atomic E-state index is 0.0607. The summed E-state index contributed by atoms with van der Waals surface area (Å²) in [5.74, 6) is -0.346. The van der Waals surface area contributed by atoms with Gasteiger partial charge in [0.2, 0.25) is 11.8 Å². The number of rotatable bonds is 6. The molecule has 0 saturated heterocycles. The van der Waals surface area contributed by atoms with Crippen molar-refractivity contribution >= 4 is 23.4 Å². The number of pyridine rings is 1. The van der Waals surface area contributed by atoms with E-state index in [1.807, 2.05) is 32.0 Å². The molecule has 10 heteroatoms. The standard InChI is InChI=1S/C27H36N4O6/c1-18-14-31(26(33)13-20-8-6-7-11-28-20)19(2)16-37-23-10-9-21(29-25(32)17-35-4)12-22(23)27(34)30(3)15-24(18)36-5/h6-12,18-19,24H,13-17H2,1-5H3,(H,29,32)/t18-,19-,24-/m1/s1. The zero-order chi connectivity index (χ0) is 26.9. The van der Waals surface area contributed by atoms with Crippen LogP contribution in [0.4, 0.5) is 5.69 Å². The molecule has 200 valence electrons. The van der Waals surface area contributed by atoms with Crippen LogP contribution in [0.25, 0.3) is 0 Å². The Morgan fingerprint density at radius 3 is 2.62 bits per heavy atom. The maximum absolute atomic E-state index is 13.4. The first-order valence-electron chi connectivity index (χ1n) is 12.3. The predicted molar refractivity (Wildman–Crippen MR) is 138 cm³/mol. The number of carbonyl (C=O) groups excluding carboxylic acids is 3. The third-order valence-electron chi connectivity index (χ3n) is 6.38. The normalized spacial score (nSPS) is 20.8. The van der Waals surface area contributed by atoms with Crippen LogP contribution in [0.2, 0.25) is 0 Å². The van der Waals surface area contributed by atoms with Crippen LogP contribution >= 0.6 is 0 Å². The Labute approximate surface area is 217 Å². The van der Waals surface area contributed by atoms with Crippen molar-refractivity contribution in [2.45, 2.75) is 32.4 Å². The van der Waals surface area contributed by atoms with E-state index >= 15 is 0 Å². The molecule has 0 spiro atoms. The summed E-state index contributed by atoms with van der Waals surface area (Å²) in [5.41, 5.74) is 1.45. The second kappa shape index (κ2) is 13.2. The van der Waals surface area contributed by atoms with Crippen molar-refractivity contribution < 1.29 is 28.6 Å². The summed E-state index contributed by atoms with van der Waals surface area (Å²) < 4.78 is 16.7. The monoisotopic (exact) mass is 512 g/mol. The number of likely N-dealkylation sites (N-methyl/N-ethyl adjacent to an activating group) is 1. The van der Waals surface area contributed by atoms with E-state index < -0.39 is 0 Å². The fourth-order valence-electron chi connectivity index (χ4n) is 4.29. The minimum atomic E-state index is -0.332. The van der Waals surface area contributed by atoms with Gasteiger partial charge < -0.3 is 29.3 Å². The number of benzene rings is 1. The first kappa shape index (κ1) is 28.1. The van der Waals surface area contributed by atoms with E-state index in [4.69, 9.17) is 14.2 Å². The molecule has 2 heterocycles. The Hall–Kier alpha value is -3.50. The van der Waals surface area contributed by atoms with Crippen LogP contribution in [0.3, 0.4) is 0 Å². The van der Waals surface area contributed by atoms with Crippen LogP contribution in [0, 0.1) is 5.92 Å². The van der Waals surface area contributed by atoms with Crippen molar-refractivity contribution in [1.29, 1.82) is 0 Å². The fourth-order valence-corrected chi connectivity index (χ4v) is 4.29. The van der Waals surface area contributed by atoms with Crippen molar-refractivity contribution in [3.63, 3.8) is 0 Å². The SMILES string of the molecule is COCC(=O)Nc1ccc2c(c1)C(=O)N(C)C[C@@H](OC)[C@H](C)CN(C(=O)Cc1ccccn1)[C@H](C)CO2. The molecule has 1 aromatic heterocycles. The number of hydrogen-bond donors (Lipinski definition) is 1. The number of nitrogens with zero attached hydrogens (tertiary/aromatic N) is 3. The summed E-state index contributed by atoms with van der Waals surface area (Å²) in [7, 11) is 4.73. The van der Waals surface area contributed by atoms with Gasteiger partial charge in [0.05, 0.1) is 24.1 Å². The Bertz CT molecular complexity index is 1080. The highest BCUT2D eigenvalue weighted by atomic mass is 16.5. The lowest BCUT2D eigenvalue weighted by molar-refractivity contribution is -0.134. The number of amides is 3. The first-order valence-corrected chi connectivity index (χ1v) is 12.3. The van der Waals surface area contributed by atoms with Crippen molar-refractivity contribution in [3.8, 4) is 5.75 Å². The van der Waals surface area contributed by atoms with Crippen LogP contribution in [0.5, 0.6) is 5.75 Å². The van der Waals surface area contributed by atoms with Gasteiger partial charge in [-0.2, -0.15) is 0 Å². The summed E-state index contributed by atoms with van der Waals surface area (Å²) in [6, 6.07) is 10.1. The van der Waals surface area contributed by atoms with Crippen LogP contribution in [-0.4, -0.2) is 92.2 Å². The Balaban J connectivity index is 1.92. The van der Waals surface area contributed by atoms with Crippen LogP contribution < -0.4 is 10.1 Å². The highest BCUT2D eigenvalue weighted by molar-refractivity contribution is 5.99. The molecule has 0 radical (unpaired) electrons. The van der Waals surface area contributed by atoms with E-state index in [2.05, 4.69) is 10.3 Å². The number of anilines is 1. The van der Waals surface area contributed by atoms with Gasteiger partial charge >= 0.3 is 0 Å². The van der Waals surface area contributed by atoms with E-state index in [-0.39, 0.29) is 55.4 Å². The molecule has 3 atom stereocenters. The van der Waals surface area contributed by atoms with Gasteiger partial charge in [-0.15, -0.1) is 0 Å². The van der Waals surface area contributed by atoms with E-state index in [1.54, 1.807) is 48.4 Å². The number of ether oxygens (including phenoxy) is 3. The highest BCUT2D eigenvalue weighted by Gasteiger charge is 2.30. The molecule has 10 nitrogen and oxygen atoms in total. The van der Waals surface area contributed by atoms with Crippen LogP contribution in [0.1, 0.15) is 29.9 Å². The molecule has 0 saturated carbocycles. The van der Waals surface area contributed by atoms with Crippen LogP contribution in [0.15, 0.2) is 42.6 Å². The molecule has 1 N–H and O–H groups in total. The van der Waals surface area contributed by atoms with E-state index in [0.29, 0.717) is 35.8 Å². The zero-order valence-electron chi connectivity index (χ0n) is 22.1. The molecule has 0 unspecified atom stereocenters. The van der Waals surface area contributed by atoms with Gasteiger partial charge in [0, 0.05) is 57.9 Å². The lowest BCUT2D eigenvalue weighted by Crippen LogP contribution is -2.49. The topological polar surface area (TPSA) is 110 Å². The molecule has 3 amide bonds. The summed E-state index contributed by atoms with van der Waals surface area (Å²) in [5, 5.41) is 2.72. The van der Waals surface area contributed by atoms with E-state index in [0.717, 1.165) is 0 Å². The maximum Gasteiger partial charge on any atom is 0.257 e. The average Bonchev–Trinajstić information content (AvgIpc) is 2.88. The maximum atomic E-state index is 13.4. The molecule has 2 aromatic rings. The number of nitrogens with one attached hydrogen (secondary N) is 1. The first-order chi connectivity index (χ1) is 17.7. The summed E-state index contributed by atoms with van der Waals surface area (Å²) in [6.07, 6.45) is 1.54. The van der Waals surface area contributed by atoms with Gasteiger partial charge in [-0.1, -0.05) is 13.0 Å². The molecule has 0 fully saturated rings. The van der Waals surface area contributed by atoms with E-state index in [1.165, 1.54) is 7.11 Å². The molecule has 3 rings (SSSR count). The number of hydrogen-bond acceptors (Lipinski definition) is 7. The zero-order valence-corrected chi connectivity index (χ0v) is 22.1. The van der Waals surface area contributed by atoms with Gasteiger partial charge in [0.25, 0.3) is 5.91 Å². The number of carbonyl (C=O) groups is 3. The third-order valence-corrected chi connectivity index (χ3v) is 6.38. The smallest absolute Gasteiger partial charge is 0.257 e. The largest absolute Gasteiger partial charge is 0.491 e. The molecule has 0 bridgehead atoms. The Morgan fingerprint density at radius 2 is 1.95 bits per heavy atom. The second-order valence-electron chi connectivity index (χ2n) is 9.33. The predicted octanol–water partition coefficient (Wildman–Crippen LogP) is 2.24.